The van der Waals surface area contributed by atoms with Gasteiger partial charge < -0.3 is 0 Å². The zero-order valence-electron chi connectivity index (χ0n) is 7.13. The van der Waals surface area contributed by atoms with Crippen molar-refractivity contribution in [2.24, 2.45) is 4.99 Å². The van der Waals surface area contributed by atoms with Gasteiger partial charge in [0, 0.05) is 12.8 Å². The van der Waals surface area contributed by atoms with Crippen LogP contribution in [0, 0.1) is 5.82 Å². The third-order valence-electron chi connectivity index (χ3n) is 1.46. The molecule has 1 nitrogen and oxygen atoms in total. The van der Waals surface area contributed by atoms with Gasteiger partial charge in [0.2, 0.25) is 0 Å². The van der Waals surface area contributed by atoms with Crippen LogP contribution in [-0.2, 0) is 0 Å². The number of aliphatic imine (C=N–C) groups is 1. The Kier molecular flexibility index (Phi) is 3.45. The Morgan fingerprint density at radius 3 is 2.58 bits per heavy atom. The van der Waals surface area contributed by atoms with E-state index in [2.05, 4.69) is 11.9 Å². The van der Waals surface area contributed by atoms with E-state index in [1.54, 1.807) is 18.3 Å². The molecule has 0 spiro atoms. The molecule has 12 heavy (non-hydrogen) atoms. The maximum Gasteiger partial charge on any atom is 0.123 e. The van der Waals surface area contributed by atoms with Crippen LogP contribution in [0.15, 0.2) is 29.3 Å². The SMILES string of the molecule is CCCN=Cc1ccc(F)cc1. The van der Waals surface area contributed by atoms with Gasteiger partial charge in [-0.15, -0.1) is 0 Å². The second-order valence-electron chi connectivity index (χ2n) is 2.59. The molecule has 0 radical (unpaired) electrons. The van der Waals surface area contributed by atoms with Crippen molar-refractivity contribution >= 4 is 6.21 Å². The van der Waals surface area contributed by atoms with E-state index in [1.165, 1.54) is 12.1 Å². The first-order valence-corrected chi connectivity index (χ1v) is 4.08. The molecular weight excluding hydrogens is 153 g/mol. The van der Waals surface area contributed by atoms with Crippen molar-refractivity contribution in [3.63, 3.8) is 0 Å². The van der Waals surface area contributed by atoms with Crippen molar-refractivity contribution in [2.45, 2.75) is 13.3 Å². The van der Waals surface area contributed by atoms with Gasteiger partial charge in [0.1, 0.15) is 5.82 Å². The molecule has 0 atom stereocenters. The largest absolute Gasteiger partial charge is 0.293 e. The summed E-state index contributed by atoms with van der Waals surface area (Å²) in [6.45, 7) is 2.90. The van der Waals surface area contributed by atoms with Crippen LogP contribution in [0.5, 0.6) is 0 Å². The molecule has 0 N–H and O–H groups in total. The first kappa shape index (κ1) is 8.91. The highest BCUT2D eigenvalue weighted by Gasteiger charge is 1.88. The van der Waals surface area contributed by atoms with Crippen molar-refractivity contribution in [3.05, 3.63) is 35.6 Å². The van der Waals surface area contributed by atoms with E-state index in [-0.39, 0.29) is 5.82 Å². The highest BCUT2D eigenvalue weighted by atomic mass is 19.1. The second-order valence-corrected chi connectivity index (χ2v) is 2.59. The molecule has 0 unspecified atom stereocenters. The quantitative estimate of drug-likeness (QED) is 0.610. The lowest BCUT2D eigenvalue weighted by Crippen LogP contribution is -1.83. The Hall–Kier alpha value is -1.18. The van der Waals surface area contributed by atoms with Gasteiger partial charge in [-0.05, 0) is 24.1 Å². The van der Waals surface area contributed by atoms with Crippen LogP contribution in [0.3, 0.4) is 0 Å². The molecule has 0 aromatic heterocycles. The zero-order valence-corrected chi connectivity index (χ0v) is 7.13. The average Bonchev–Trinajstić information content (AvgIpc) is 2.09. The summed E-state index contributed by atoms with van der Waals surface area (Å²) in [6.07, 6.45) is 2.81. The second kappa shape index (κ2) is 4.65. The lowest BCUT2D eigenvalue weighted by atomic mass is 10.2. The molecular formula is C10H12FN. The smallest absolute Gasteiger partial charge is 0.123 e. The Morgan fingerprint density at radius 2 is 2.00 bits per heavy atom. The van der Waals surface area contributed by atoms with Crippen molar-refractivity contribution in [1.29, 1.82) is 0 Å². The van der Waals surface area contributed by atoms with Crippen LogP contribution in [0.2, 0.25) is 0 Å². The fourth-order valence-electron chi connectivity index (χ4n) is 0.848. The summed E-state index contributed by atoms with van der Waals surface area (Å²) in [5, 5.41) is 0. The molecule has 64 valence electrons. The standard InChI is InChI=1S/C10H12FN/c1-2-7-12-8-9-3-5-10(11)6-4-9/h3-6,8H,2,7H2,1H3. The van der Waals surface area contributed by atoms with E-state index in [4.69, 9.17) is 0 Å². The average molecular weight is 165 g/mol. The van der Waals surface area contributed by atoms with Crippen LogP contribution in [0.25, 0.3) is 0 Å². The Bertz CT molecular complexity index is 251. The normalized spacial score (nSPS) is 10.8. The molecule has 0 aliphatic carbocycles. The number of benzene rings is 1. The summed E-state index contributed by atoms with van der Waals surface area (Å²) >= 11 is 0. The topological polar surface area (TPSA) is 12.4 Å². The number of nitrogens with zero attached hydrogens (tertiary/aromatic N) is 1. The first-order chi connectivity index (χ1) is 5.83. The van der Waals surface area contributed by atoms with Crippen molar-refractivity contribution in [2.75, 3.05) is 6.54 Å². The van der Waals surface area contributed by atoms with Gasteiger partial charge in [-0.2, -0.15) is 0 Å². The summed E-state index contributed by atoms with van der Waals surface area (Å²) in [5.41, 5.74) is 0.949. The number of halogens is 1. The highest BCUT2D eigenvalue weighted by Crippen LogP contribution is 1.99. The molecule has 0 heterocycles. The summed E-state index contributed by atoms with van der Waals surface area (Å²) in [7, 11) is 0. The van der Waals surface area contributed by atoms with Gasteiger partial charge in [-0.25, -0.2) is 4.39 Å². The van der Waals surface area contributed by atoms with Gasteiger partial charge >= 0.3 is 0 Å². The molecule has 1 aromatic rings. The van der Waals surface area contributed by atoms with Crippen LogP contribution >= 0.6 is 0 Å². The third kappa shape index (κ3) is 2.82. The zero-order chi connectivity index (χ0) is 8.81. The summed E-state index contributed by atoms with van der Waals surface area (Å²) in [5.74, 6) is -0.206. The van der Waals surface area contributed by atoms with Crippen LogP contribution < -0.4 is 0 Å². The van der Waals surface area contributed by atoms with Gasteiger partial charge in [-0.1, -0.05) is 19.1 Å². The molecule has 0 bridgehead atoms. The van der Waals surface area contributed by atoms with E-state index in [0.717, 1.165) is 18.5 Å². The van der Waals surface area contributed by atoms with E-state index in [1.807, 2.05) is 0 Å². The van der Waals surface area contributed by atoms with Gasteiger partial charge in [0.15, 0.2) is 0 Å². The van der Waals surface area contributed by atoms with Crippen molar-refractivity contribution in [3.8, 4) is 0 Å². The third-order valence-corrected chi connectivity index (χ3v) is 1.46. The van der Waals surface area contributed by atoms with Crippen LogP contribution in [0.1, 0.15) is 18.9 Å². The minimum Gasteiger partial charge on any atom is -0.293 e. The fraction of sp³-hybridized carbons (Fsp3) is 0.300. The van der Waals surface area contributed by atoms with E-state index >= 15 is 0 Å². The maximum atomic E-state index is 12.4. The van der Waals surface area contributed by atoms with E-state index in [0.29, 0.717) is 0 Å². The number of rotatable bonds is 3. The van der Waals surface area contributed by atoms with Crippen molar-refractivity contribution < 1.29 is 4.39 Å². The minimum atomic E-state index is -0.206. The minimum absolute atomic E-state index is 0.206. The molecule has 0 fully saturated rings. The summed E-state index contributed by atoms with van der Waals surface area (Å²) in [4.78, 5) is 4.14. The predicted octanol–water partition coefficient (Wildman–Crippen LogP) is 2.65. The molecule has 1 rings (SSSR count). The van der Waals surface area contributed by atoms with Gasteiger partial charge in [0.25, 0.3) is 0 Å². The Labute approximate surface area is 72.0 Å². The van der Waals surface area contributed by atoms with Gasteiger partial charge in [-0.3, -0.25) is 4.99 Å². The summed E-state index contributed by atoms with van der Waals surface area (Å²) in [6, 6.07) is 6.31. The van der Waals surface area contributed by atoms with Crippen LogP contribution in [-0.4, -0.2) is 12.8 Å². The number of hydrogen-bond donors (Lipinski definition) is 0. The molecule has 0 saturated carbocycles. The molecule has 0 saturated heterocycles. The lowest BCUT2D eigenvalue weighted by Gasteiger charge is -1.91. The molecule has 0 amide bonds. The van der Waals surface area contributed by atoms with E-state index in [9.17, 15) is 4.39 Å². The fourth-order valence-corrected chi connectivity index (χ4v) is 0.848. The Morgan fingerprint density at radius 1 is 1.33 bits per heavy atom. The first-order valence-electron chi connectivity index (χ1n) is 4.08. The molecule has 1 aromatic carbocycles. The summed E-state index contributed by atoms with van der Waals surface area (Å²) < 4.78 is 12.4. The molecule has 0 aliphatic rings. The molecule has 0 aliphatic heterocycles. The Balaban J connectivity index is 2.58. The van der Waals surface area contributed by atoms with Gasteiger partial charge in [0.05, 0.1) is 0 Å². The maximum absolute atomic E-state index is 12.4. The van der Waals surface area contributed by atoms with Crippen LogP contribution in [0.4, 0.5) is 4.39 Å². The predicted molar refractivity (Wildman–Crippen MR) is 49.2 cm³/mol. The monoisotopic (exact) mass is 165 g/mol. The van der Waals surface area contributed by atoms with Crippen molar-refractivity contribution in [1.82, 2.24) is 0 Å². The highest BCUT2D eigenvalue weighted by molar-refractivity contribution is 5.79. The number of hydrogen-bond acceptors (Lipinski definition) is 1. The lowest BCUT2D eigenvalue weighted by molar-refractivity contribution is 0.628. The van der Waals surface area contributed by atoms with E-state index < -0.39 is 0 Å². The molecule has 2 heteroatoms.